The molecule has 33 heavy (non-hydrogen) atoms. The summed E-state index contributed by atoms with van der Waals surface area (Å²) < 4.78 is 16.8. The van der Waals surface area contributed by atoms with Gasteiger partial charge in [-0.2, -0.15) is 0 Å². The Bertz CT molecular complexity index is 1170. The van der Waals surface area contributed by atoms with Crippen LogP contribution in [0, 0.1) is 13.8 Å². The Morgan fingerprint density at radius 1 is 1.15 bits per heavy atom. The van der Waals surface area contributed by atoms with Crippen LogP contribution < -0.4 is 9.47 Å². The van der Waals surface area contributed by atoms with E-state index >= 15 is 0 Å². The van der Waals surface area contributed by atoms with Crippen molar-refractivity contribution in [3.63, 3.8) is 0 Å². The van der Waals surface area contributed by atoms with Gasteiger partial charge in [0, 0.05) is 24.2 Å². The van der Waals surface area contributed by atoms with Gasteiger partial charge in [0.2, 0.25) is 6.79 Å². The zero-order valence-electron chi connectivity index (χ0n) is 18.8. The molecule has 2 aromatic rings. The second-order valence-corrected chi connectivity index (χ2v) is 8.89. The molecule has 1 aromatic carbocycles. The Morgan fingerprint density at radius 2 is 1.91 bits per heavy atom. The Labute approximate surface area is 191 Å². The maximum absolute atomic E-state index is 12.9. The van der Waals surface area contributed by atoms with Crippen molar-refractivity contribution >= 4 is 11.9 Å². The molecule has 0 saturated carbocycles. The number of hydrogen-bond donors (Lipinski definition) is 1. The summed E-state index contributed by atoms with van der Waals surface area (Å²) in [4.78, 5) is 31.7. The number of esters is 1. The molecule has 3 atom stereocenters. The summed E-state index contributed by atoms with van der Waals surface area (Å²) in [5.74, 6) is -0.632. The minimum absolute atomic E-state index is 0.0428. The van der Waals surface area contributed by atoms with Gasteiger partial charge in [-0.1, -0.05) is 5.57 Å². The van der Waals surface area contributed by atoms with Crippen molar-refractivity contribution in [3.05, 3.63) is 64.0 Å². The summed E-state index contributed by atoms with van der Waals surface area (Å²) in [7, 11) is 2.04. The van der Waals surface area contributed by atoms with E-state index in [0.717, 1.165) is 18.7 Å². The van der Waals surface area contributed by atoms with E-state index in [9.17, 15) is 14.7 Å². The number of benzene rings is 1. The Hall–Kier alpha value is -3.39. The van der Waals surface area contributed by atoms with Crippen LogP contribution in [0.4, 0.5) is 0 Å². The Balaban J connectivity index is 1.50. The number of nitrogens with zero attached hydrogens (tertiary/aromatic N) is 2. The van der Waals surface area contributed by atoms with Crippen molar-refractivity contribution in [1.82, 2.24) is 9.88 Å². The summed E-state index contributed by atoms with van der Waals surface area (Å²) in [6.45, 7) is 4.60. The molecule has 2 aliphatic heterocycles. The third-order valence-electron chi connectivity index (χ3n) is 6.75. The van der Waals surface area contributed by atoms with E-state index in [2.05, 4.69) is 9.88 Å². The van der Waals surface area contributed by atoms with E-state index in [1.54, 1.807) is 25.1 Å². The molecule has 1 N–H and O–H groups in total. The summed E-state index contributed by atoms with van der Waals surface area (Å²) in [6.07, 6.45) is 2.90. The predicted octanol–water partition coefficient (Wildman–Crippen LogP) is 3.47. The van der Waals surface area contributed by atoms with Gasteiger partial charge in [-0.05, 0) is 69.6 Å². The Morgan fingerprint density at radius 3 is 2.64 bits per heavy atom. The molecule has 3 unspecified atom stereocenters. The number of fused-ring (bicyclic) bond motifs is 2. The summed E-state index contributed by atoms with van der Waals surface area (Å²) in [6, 6.07) is 6.88. The summed E-state index contributed by atoms with van der Waals surface area (Å²) in [5.41, 5.74) is 3.93. The lowest BCUT2D eigenvalue weighted by atomic mass is 9.77. The van der Waals surface area contributed by atoms with Gasteiger partial charge in [0.1, 0.15) is 6.10 Å². The molecule has 3 heterocycles. The molecule has 1 aliphatic carbocycles. The highest BCUT2D eigenvalue weighted by molar-refractivity contribution is 5.91. The fraction of sp³-hybridized carbons (Fsp3) is 0.400. The number of rotatable bonds is 4. The van der Waals surface area contributed by atoms with Crippen molar-refractivity contribution in [1.29, 1.82) is 0 Å². The van der Waals surface area contributed by atoms with Crippen LogP contribution in [0.2, 0.25) is 0 Å². The molecule has 172 valence electrons. The highest BCUT2D eigenvalue weighted by Crippen LogP contribution is 2.46. The predicted molar refractivity (Wildman–Crippen MR) is 119 cm³/mol. The summed E-state index contributed by atoms with van der Waals surface area (Å²) >= 11 is 0. The number of carboxylic acid groups (broad SMARTS) is 1. The van der Waals surface area contributed by atoms with Gasteiger partial charge in [-0.3, -0.25) is 9.88 Å². The number of pyridine rings is 1. The first-order valence-electron chi connectivity index (χ1n) is 11.0. The van der Waals surface area contributed by atoms with Crippen molar-refractivity contribution in [3.8, 4) is 11.5 Å². The second-order valence-electron chi connectivity index (χ2n) is 8.89. The highest BCUT2D eigenvalue weighted by Gasteiger charge is 2.42. The highest BCUT2D eigenvalue weighted by atomic mass is 16.7. The molecular formula is C25H26N2O6. The van der Waals surface area contributed by atoms with Crippen LogP contribution in [0.15, 0.2) is 35.9 Å². The number of hydrogen-bond acceptors (Lipinski definition) is 7. The van der Waals surface area contributed by atoms with Crippen LogP contribution in [0.5, 0.6) is 11.5 Å². The molecule has 1 aromatic heterocycles. The minimum Gasteiger partial charge on any atom is -0.478 e. The topological polar surface area (TPSA) is 98.2 Å². The molecule has 0 amide bonds. The third-order valence-corrected chi connectivity index (χ3v) is 6.75. The number of carboxylic acids is 1. The van der Waals surface area contributed by atoms with Gasteiger partial charge >= 0.3 is 11.9 Å². The van der Waals surface area contributed by atoms with E-state index < -0.39 is 18.0 Å². The number of aromatic carboxylic acids is 1. The Kier molecular flexibility index (Phi) is 5.32. The van der Waals surface area contributed by atoms with Gasteiger partial charge in [0.25, 0.3) is 0 Å². The molecule has 8 heteroatoms. The number of ether oxygens (including phenoxy) is 3. The van der Waals surface area contributed by atoms with Crippen LogP contribution in [0.3, 0.4) is 0 Å². The number of likely N-dealkylation sites (N-methyl/N-ethyl adjacent to an activating group) is 1. The number of aromatic nitrogens is 1. The maximum atomic E-state index is 12.9. The van der Waals surface area contributed by atoms with Gasteiger partial charge in [-0.15, -0.1) is 0 Å². The average Bonchev–Trinajstić information content (AvgIpc) is 3.38. The van der Waals surface area contributed by atoms with E-state index in [-0.39, 0.29) is 24.3 Å². The van der Waals surface area contributed by atoms with E-state index in [1.165, 1.54) is 11.6 Å². The fourth-order valence-electron chi connectivity index (χ4n) is 5.24. The molecule has 0 spiro atoms. The van der Waals surface area contributed by atoms with Crippen molar-refractivity contribution < 1.29 is 28.9 Å². The van der Waals surface area contributed by atoms with Crippen LogP contribution >= 0.6 is 0 Å². The van der Waals surface area contributed by atoms with Gasteiger partial charge in [0.15, 0.2) is 11.5 Å². The van der Waals surface area contributed by atoms with Crippen molar-refractivity contribution in [2.75, 3.05) is 20.4 Å². The van der Waals surface area contributed by atoms with E-state index in [0.29, 0.717) is 34.7 Å². The fourth-order valence-corrected chi connectivity index (χ4v) is 5.24. The number of likely N-dealkylation sites (tertiary alicyclic amines) is 1. The van der Waals surface area contributed by atoms with Gasteiger partial charge in [0.05, 0.1) is 16.8 Å². The SMILES string of the molecule is Cc1ccc(C(=O)OC2C=C3CCN(C)C3C(c3cc4c(cc3C(=O)O)OCO4)C2)c(C)n1. The number of aryl methyl sites for hydroxylation is 2. The molecule has 5 rings (SSSR count). The second kappa shape index (κ2) is 8.19. The molecule has 8 nitrogen and oxygen atoms in total. The van der Waals surface area contributed by atoms with Gasteiger partial charge < -0.3 is 19.3 Å². The lowest BCUT2D eigenvalue weighted by Crippen LogP contribution is -2.38. The first kappa shape index (κ1) is 21.5. The maximum Gasteiger partial charge on any atom is 0.340 e. The molecule has 0 radical (unpaired) electrons. The third kappa shape index (κ3) is 3.84. The first-order chi connectivity index (χ1) is 15.8. The van der Waals surface area contributed by atoms with Crippen molar-refractivity contribution in [2.24, 2.45) is 0 Å². The molecule has 1 fully saturated rings. The standard InChI is InChI=1S/C25H26N2O6/c1-13-4-5-17(14(2)26-13)25(30)33-16-8-15-6-7-27(3)23(15)19(9-16)18-10-21-22(32-12-31-21)11-20(18)24(28)29/h4-5,8,10-11,16,19,23H,6-7,9,12H2,1-3H3,(H,28,29). The smallest absolute Gasteiger partial charge is 0.340 e. The van der Waals surface area contributed by atoms with Crippen LogP contribution in [0.1, 0.15) is 56.4 Å². The molecule has 3 aliphatic rings. The number of carbonyl (C=O) groups excluding carboxylic acids is 1. The minimum atomic E-state index is -1.02. The molecule has 0 bridgehead atoms. The monoisotopic (exact) mass is 450 g/mol. The van der Waals surface area contributed by atoms with Crippen LogP contribution in [-0.4, -0.2) is 59.5 Å². The van der Waals surface area contributed by atoms with E-state index in [1.807, 2.05) is 20.0 Å². The van der Waals surface area contributed by atoms with E-state index in [4.69, 9.17) is 14.2 Å². The van der Waals surface area contributed by atoms with Crippen LogP contribution in [0.25, 0.3) is 0 Å². The normalized spacial score (nSPS) is 23.7. The zero-order chi connectivity index (χ0) is 23.3. The molecular weight excluding hydrogens is 424 g/mol. The molecule has 1 saturated heterocycles. The van der Waals surface area contributed by atoms with Gasteiger partial charge in [-0.25, -0.2) is 9.59 Å². The van der Waals surface area contributed by atoms with Crippen molar-refractivity contribution in [2.45, 2.75) is 44.8 Å². The van der Waals surface area contributed by atoms with Crippen LogP contribution in [-0.2, 0) is 4.74 Å². The lowest BCUT2D eigenvalue weighted by Gasteiger charge is -2.37. The number of carbonyl (C=O) groups is 2. The lowest BCUT2D eigenvalue weighted by molar-refractivity contribution is 0.0334. The zero-order valence-corrected chi connectivity index (χ0v) is 18.8. The largest absolute Gasteiger partial charge is 0.478 e. The first-order valence-corrected chi connectivity index (χ1v) is 11.0. The quantitative estimate of drug-likeness (QED) is 0.559. The average molecular weight is 450 g/mol. The summed E-state index contributed by atoms with van der Waals surface area (Å²) in [5, 5.41) is 9.93.